The number of carbonyl (C=O) groups excluding carboxylic acids is 1. The number of imidazole rings is 1. The fraction of sp³-hybridized carbons (Fsp3) is 0.222. The molecule has 3 rings (SSSR count). The number of nitrogens with zero attached hydrogens (tertiary/aromatic N) is 2. The summed E-state index contributed by atoms with van der Waals surface area (Å²) in [5.41, 5.74) is 5.10. The Balaban J connectivity index is 1.63. The molecule has 0 bridgehead atoms. The topological polar surface area (TPSA) is 46.9 Å². The Hall–Kier alpha value is -2.62. The number of amides is 1. The molecule has 0 unspecified atom stereocenters. The minimum absolute atomic E-state index is 0.0347. The number of rotatable bonds is 4. The highest BCUT2D eigenvalue weighted by Crippen LogP contribution is 2.12. The normalized spacial score (nSPS) is 10.8. The Kier molecular flexibility index (Phi) is 3.92. The first-order valence-electron chi connectivity index (χ1n) is 7.40. The molecule has 0 radical (unpaired) electrons. The van der Waals surface area contributed by atoms with Gasteiger partial charge in [-0.3, -0.25) is 4.79 Å². The van der Waals surface area contributed by atoms with Crippen molar-refractivity contribution in [2.75, 3.05) is 6.54 Å². The molecular formula is C18H19N3O. The van der Waals surface area contributed by atoms with Crippen molar-refractivity contribution in [3.63, 3.8) is 0 Å². The average molecular weight is 293 g/mol. The van der Waals surface area contributed by atoms with Gasteiger partial charge in [-0.15, -0.1) is 0 Å². The van der Waals surface area contributed by atoms with E-state index in [0.29, 0.717) is 18.7 Å². The molecule has 0 aliphatic rings. The van der Waals surface area contributed by atoms with E-state index in [1.807, 2.05) is 62.6 Å². The number of benzene rings is 2. The van der Waals surface area contributed by atoms with Gasteiger partial charge < -0.3 is 9.88 Å². The summed E-state index contributed by atoms with van der Waals surface area (Å²) >= 11 is 0. The van der Waals surface area contributed by atoms with Gasteiger partial charge in [-0.1, -0.05) is 18.2 Å². The van der Waals surface area contributed by atoms with Crippen LogP contribution in [-0.2, 0) is 6.54 Å². The van der Waals surface area contributed by atoms with Crippen LogP contribution in [0.5, 0.6) is 0 Å². The number of hydrogen-bond acceptors (Lipinski definition) is 2. The molecule has 4 heteroatoms. The summed E-state index contributed by atoms with van der Waals surface area (Å²) < 4.78 is 2.05. The number of aryl methyl sites for hydroxylation is 2. The van der Waals surface area contributed by atoms with Crippen molar-refractivity contribution in [1.29, 1.82) is 0 Å². The lowest BCUT2D eigenvalue weighted by Gasteiger charge is -2.08. The highest BCUT2D eigenvalue weighted by atomic mass is 16.1. The number of carbonyl (C=O) groups is 1. The molecule has 3 aromatic rings. The maximum absolute atomic E-state index is 12.2. The van der Waals surface area contributed by atoms with E-state index in [9.17, 15) is 4.79 Å². The zero-order valence-electron chi connectivity index (χ0n) is 12.8. The van der Waals surface area contributed by atoms with E-state index in [1.54, 1.807) is 0 Å². The lowest BCUT2D eigenvalue weighted by atomic mass is 10.1. The molecule has 112 valence electrons. The zero-order chi connectivity index (χ0) is 15.5. The third-order valence-electron chi connectivity index (χ3n) is 3.93. The molecule has 1 aromatic heterocycles. The maximum atomic E-state index is 12.2. The lowest BCUT2D eigenvalue weighted by Crippen LogP contribution is -2.27. The van der Waals surface area contributed by atoms with Crippen molar-refractivity contribution < 1.29 is 4.79 Å². The van der Waals surface area contributed by atoms with Gasteiger partial charge in [-0.25, -0.2) is 4.98 Å². The van der Waals surface area contributed by atoms with E-state index in [0.717, 1.165) is 16.6 Å². The van der Waals surface area contributed by atoms with Gasteiger partial charge in [0.2, 0.25) is 0 Å². The monoisotopic (exact) mass is 293 g/mol. The average Bonchev–Trinajstić information content (AvgIpc) is 2.93. The summed E-state index contributed by atoms with van der Waals surface area (Å²) in [5, 5.41) is 2.96. The van der Waals surface area contributed by atoms with Gasteiger partial charge in [0, 0.05) is 18.7 Å². The van der Waals surface area contributed by atoms with Crippen LogP contribution in [0.3, 0.4) is 0 Å². The molecule has 2 aromatic carbocycles. The Morgan fingerprint density at radius 1 is 1.14 bits per heavy atom. The molecule has 0 spiro atoms. The second-order valence-electron chi connectivity index (χ2n) is 5.48. The second-order valence-corrected chi connectivity index (χ2v) is 5.48. The summed E-state index contributed by atoms with van der Waals surface area (Å²) in [4.78, 5) is 16.5. The molecule has 1 amide bonds. The van der Waals surface area contributed by atoms with E-state index in [4.69, 9.17) is 0 Å². The quantitative estimate of drug-likeness (QED) is 0.803. The summed E-state index contributed by atoms with van der Waals surface area (Å²) in [7, 11) is 0. The summed E-state index contributed by atoms with van der Waals surface area (Å²) in [6.45, 7) is 5.34. The summed E-state index contributed by atoms with van der Waals surface area (Å²) in [6, 6.07) is 13.8. The number of nitrogens with one attached hydrogen (secondary N) is 1. The first kappa shape index (κ1) is 14.3. The molecule has 1 N–H and O–H groups in total. The largest absolute Gasteiger partial charge is 0.350 e. The standard InChI is InChI=1S/C18H19N3O/c1-13-7-8-15(11-14(13)2)18(22)19-9-10-21-12-20-16-5-3-4-6-17(16)21/h3-8,11-12H,9-10H2,1-2H3,(H,19,22). The van der Waals surface area contributed by atoms with Crippen LogP contribution in [0.2, 0.25) is 0 Å². The predicted octanol–water partition coefficient (Wildman–Crippen LogP) is 3.08. The molecule has 0 saturated carbocycles. The predicted molar refractivity (Wildman–Crippen MR) is 88.0 cm³/mol. The molecule has 0 aliphatic carbocycles. The van der Waals surface area contributed by atoms with Gasteiger partial charge in [0.1, 0.15) is 0 Å². The molecule has 0 saturated heterocycles. The van der Waals surface area contributed by atoms with Crippen LogP contribution in [0.4, 0.5) is 0 Å². The van der Waals surface area contributed by atoms with Crippen LogP contribution in [-0.4, -0.2) is 22.0 Å². The third-order valence-corrected chi connectivity index (χ3v) is 3.93. The lowest BCUT2D eigenvalue weighted by molar-refractivity contribution is 0.0952. The number of para-hydroxylation sites is 2. The van der Waals surface area contributed by atoms with Crippen molar-refractivity contribution in [2.24, 2.45) is 0 Å². The number of aromatic nitrogens is 2. The van der Waals surface area contributed by atoms with Crippen molar-refractivity contribution in [1.82, 2.24) is 14.9 Å². The Morgan fingerprint density at radius 3 is 2.77 bits per heavy atom. The SMILES string of the molecule is Cc1ccc(C(=O)NCCn2cnc3ccccc32)cc1C. The van der Waals surface area contributed by atoms with E-state index in [-0.39, 0.29) is 5.91 Å². The Morgan fingerprint density at radius 2 is 1.95 bits per heavy atom. The molecule has 0 atom stereocenters. The van der Waals surface area contributed by atoms with Crippen LogP contribution in [0.25, 0.3) is 11.0 Å². The minimum Gasteiger partial charge on any atom is -0.350 e. The highest BCUT2D eigenvalue weighted by Gasteiger charge is 2.07. The minimum atomic E-state index is -0.0347. The van der Waals surface area contributed by atoms with Gasteiger partial charge in [-0.2, -0.15) is 0 Å². The fourth-order valence-electron chi connectivity index (χ4n) is 2.46. The molecule has 4 nitrogen and oxygen atoms in total. The Labute approximate surface area is 129 Å². The second kappa shape index (κ2) is 6.02. The van der Waals surface area contributed by atoms with E-state index >= 15 is 0 Å². The van der Waals surface area contributed by atoms with Crippen molar-refractivity contribution in [2.45, 2.75) is 20.4 Å². The van der Waals surface area contributed by atoms with Crippen LogP contribution in [0.15, 0.2) is 48.8 Å². The molecule has 0 fully saturated rings. The van der Waals surface area contributed by atoms with Gasteiger partial charge in [-0.05, 0) is 49.2 Å². The summed E-state index contributed by atoms with van der Waals surface area (Å²) in [5.74, 6) is -0.0347. The van der Waals surface area contributed by atoms with Gasteiger partial charge in [0.15, 0.2) is 0 Å². The van der Waals surface area contributed by atoms with Crippen molar-refractivity contribution >= 4 is 16.9 Å². The van der Waals surface area contributed by atoms with Crippen molar-refractivity contribution in [3.05, 3.63) is 65.5 Å². The summed E-state index contributed by atoms with van der Waals surface area (Å²) in [6.07, 6.45) is 1.81. The third kappa shape index (κ3) is 2.86. The van der Waals surface area contributed by atoms with Crippen LogP contribution in [0, 0.1) is 13.8 Å². The smallest absolute Gasteiger partial charge is 0.251 e. The van der Waals surface area contributed by atoms with Gasteiger partial charge in [0.05, 0.1) is 17.4 Å². The molecular weight excluding hydrogens is 274 g/mol. The fourth-order valence-corrected chi connectivity index (χ4v) is 2.46. The van der Waals surface area contributed by atoms with Crippen LogP contribution >= 0.6 is 0 Å². The zero-order valence-corrected chi connectivity index (χ0v) is 12.8. The molecule has 0 aliphatic heterocycles. The highest BCUT2D eigenvalue weighted by molar-refractivity contribution is 5.94. The maximum Gasteiger partial charge on any atom is 0.251 e. The van der Waals surface area contributed by atoms with E-state index in [1.165, 1.54) is 5.56 Å². The Bertz CT molecular complexity index is 820. The first-order valence-corrected chi connectivity index (χ1v) is 7.40. The number of hydrogen-bond donors (Lipinski definition) is 1. The van der Waals surface area contributed by atoms with Gasteiger partial charge >= 0.3 is 0 Å². The van der Waals surface area contributed by atoms with E-state index in [2.05, 4.69) is 14.9 Å². The van der Waals surface area contributed by atoms with Crippen LogP contribution < -0.4 is 5.32 Å². The van der Waals surface area contributed by atoms with Crippen LogP contribution in [0.1, 0.15) is 21.5 Å². The van der Waals surface area contributed by atoms with Crippen molar-refractivity contribution in [3.8, 4) is 0 Å². The molecule has 22 heavy (non-hydrogen) atoms. The van der Waals surface area contributed by atoms with E-state index < -0.39 is 0 Å². The molecule has 1 heterocycles. The number of fused-ring (bicyclic) bond motifs is 1. The van der Waals surface area contributed by atoms with Gasteiger partial charge in [0.25, 0.3) is 5.91 Å². The first-order chi connectivity index (χ1) is 10.6.